The lowest BCUT2D eigenvalue weighted by atomic mass is 10.3. The number of hydrogen-bond acceptors (Lipinski definition) is 6. The first kappa shape index (κ1) is 16.3. The van der Waals surface area contributed by atoms with Crippen LogP contribution in [0.5, 0.6) is 11.5 Å². The second kappa shape index (κ2) is 8.35. The van der Waals surface area contributed by atoms with Gasteiger partial charge in [-0.15, -0.1) is 4.80 Å². The van der Waals surface area contributed by atoms with Crippen molar-refractivity contribution >= 4 is 0 Å². The summed E-state index contributed by atoms with van der Waals surface area (Å²) in [5, 5.41) is 20.8. The predicted molar refractivity (Wildman–Crippen MR) is 81.7 cm³/mol. The number of benzene rings is 1. The Hall–Kier alpha value is -2.12. The van der Waals surface area contributed by atoms with E-state index in [9.17, 15) is 5.11 Å². The zero-order valence-corrected chi connectivity index (χ0v) is 12.8. The van der Waals surface area contributed by atoms with E-state index in [1.807, 2.05) is 13.8 Å². The van der Waals surface area contributed by atoms with Gasteiger partial charge in [0.05, 0.1) is 12.4 Å². The van der Waals surface area contributed by atoms with Gasteiger partial charge in [0.25, 0.3) is 0 Å². The number of ether oxygens (including phenoxy) is 2. The van der Waals surface area contributed by atoms with Crippen LogP contribution >= 0.6 is 0 Å². The average molecular weight is 306 g/mol. The van der Waals surface area contributed by atoms with Crippen LogP contribution in [0.1, 0.15) is 13.8 Å². The molecule has 0 fully saturated rings. The molecule has 0 saturated heterocycles. The maximum Gasteiger partial charge on any atom is 0.199 e. The lowest BCUT2D eigenvalue weighted by molar-refractivity contribution is 0.104. The van der Waals surface area contributed by atoms with Gasteiger partial charge in [0.15, 0.2) is 6.73 Å². The molecule has 0 aliphatic carbocycles. The maximum atomic E-state index is 9.78. The highest BCUT2D eigenvalue weighted by atomic mass is 16.5. The monoisotopic (exact) mass is 306 g/mol. The third-order valence-corrected chi connectivity index (χ3v) is 2.84. The quantitative estimate of drug-likeness (QED) is 0.721. The first-order chi connectivity index (χ1) is 10.6. The molecule has 1 atom stereocenters. The van der Waals surface area contributed by atoms with Gasteiger partial charge in [-0.3, -0.25) is 0 Å². The minimum atomic E-state index is -0.538. The van der Waals surface area contributed by atoms with Crippen LogP contribution in [0.25, 0.3) is 0 Å². The van der Waals surface area contributed by atoms with Crippen LogP contribution in [0, 0.1) is 0 Å². The lowest BCUT2D eigenvalue weighted by Crippen LogP contribution is -2.35. The van der Waals surface area contributed by atoms with Gasteiger partial charge < -0.3 is 19.9 Å². The Bertz CT molecular complexity index is 528. The minimum absolute atomic E-state index is 0.247. The fourth-order valence-corrected chi connectivity index (χ4v) is 1.70. The fourth-order valence-electron chi connectivity index (χ4n) is 1.70. The van der Waals surface area contributed by atoms with Crippen LogP contribution in [-0.2, 0) is 6.73 Å². The number of aliphatic hydroxyl groups excluding tert-OH is 1. The summed E-state index contributed by atoms with van der Waals surface area (Å²) in [5.41, 5.74) is 0. The first-order valence-corrected chi connectivity index (χ1v) is 7.24. The van der Waals surface area contributed by atoms with Gasteiger partial charge in [0, 0.05) is 12.6 Å². The van der Waals surface area contributed by atoms with E-state index in [4.69, 9.17) is 9.47 Å². The smallest absolute Gasteiger partial charge is 0.199 e. The number of nitrogens with one attached hydrogen (secondary N) is 1. The van der Waals surface area contributed by atoms with Crippen molar-refractivity contribution in [3.8, 4) is 11.5 Å². The molecule has 0 amide bonds. The van der Waals surface area contributed by atoms with Crippen LogP contribution in [0.3, 0.4) is 0 Å². The first-order valence-electron chi connectivity index (χ1n) is 7.24. The van der Waals surface area contributed by atoms with Crippen LogP contribution in [0.2, 0.25) is 0 Å². The molecule has 1 unspecified atom stereocenters. The van der Waals surface area contributed by atoms with Crippen molar-refractivity contribution in [1.82, 2.24) is 20.3 Å². The zero-order valence-electron chi connectivity index (χ0n) is 12.8. The van der Waals surface area contributed by atoms with Gasteiger partial charge in [-0.2, -0.15) is 10.2 Å². The highest BCUT2D eigenvalue weighted by Gasteiger charge is 2.06. The molecular formula is C15H22N4O3. The van der Waals surface area contributed by atoms with E-state index in [2.05, 4.69) is 15.5 Å². The van der Waals surface area contributed by atoms with Gasteiger partial charge in [-0.05, 0) is 24.3 Å². The van der Waals surface area contributed by atoms with Crippen molar-refractivity contribution in [1.29, 1.82) is 0 Å². The van der Waals surface area contributed by atoms with Crippen molar-refractivity contribution in [2.45, 2.75) is 32.7 Å². The van der Waals surface area contributed by atoms with E-state index < -0.39 is 6.10 Å². The highest BCUT2D eigenvalue weighted by Crippen LogP contribution is 2.17. The molecule has 2 rings (SSSR count). The molecule has 120 valence electrons. The van der Waals surface area contributed by atoms with E-state index >= 15 is 0 Å². The van der Waals surface area contributed by atoms with Gasteiger partial charge in [-0.1, -0.05) is 13.8 Å². The Kier molecular flexibility index (Phi) is 6.17. The van der Waals surface area contributed by atoms with Crippen molar-refractivity contribution in [2.75, 3.05) is 13.2 Å². The SMILES string of the molecule is CC(C)NCC(O)COc1ccc(OCn2nccn2)cc1. The van der Waals surface area contributed by atoms with Crippen LogP contribution in [0.4, 0.5) is 0 Å². The van der Waals surface area contributed by atoms with Crippen molar-refractivity contribution in [3.05, 3.63) is 36.7 Å². The summed E-state index contributed by atoms with van der Waals surface area (Å²) in [4.78, 5) is 1.45. The van der Waals surface area contributed by atoms with E-state index in [0.29, 0.717) is 24.1 Å². The van der Waals surface area contributed by atoms with E-state index in [0.717, 1.165) is 0 Å². The molecule has 0 bridgehead atoms. The van der Waals surface area contributed by atoms with E-state index in [1.54, 1.807) is 36.7 Å². The maximum absolute atomic E-state index is 9.78. The summed E-state index contributed by atoms with van der Waals surface area (Å²) < 4.78 is 11.0. The Morgan fingerprint density at radius 3 is 2.27 bits per heavy atom. The molecule has 0 spiro atoms. The second-order valence-corrected chi connectivity index (χ2v) is 5.17. The van der Waals surface area contributed by atoms with Gasteiger partial charge in [-0.25, -0.2) is 0 Å². The summed E-state index contributed by atoms with van der Waals surface area (Å²) in [6.45, 7) is 5.08. The number of aliphatic hydroxyl groups is 1. The average Bonchev–Trinajstić information content (AvgIpc) is 3.03. The number of hydrogen-bond donors (Lipinski definition) is 2. The molecule has 1 aromatic heterocycles. The van der Waals surface area contributed by atoms with Crippen molar-refractivity contribution in [2.24, 2.45) is 0 Å². The Morgan fingerprint density at radius 2 is 1.68 bits per heavy atom. The molecule has 1 heterocycles. The normalized spacial score (nSPS) is 12.4. The summed E-state index contributed by atoms with van der Waals surface area (Å²) in [6, 6.07) is 7.55. The summed E-state index contributed by atoms with van der Waals surface area (Å²) in [7, 11) is 0. The van der Waals surface area contributed by atoms with Crippen LogP contribution < -0.4 is 14.8 Å². The Balaban J connectivity index is 1.72. The molecule has 2 N–H and O–H groups in total. The van der Waals surface area contributed by atoms with Gasteiger partial charge in [0.2, 0.25) is 0 Å². The second-order valence-electron chi connectivity index (χ2n) is 5.17. The molecule has 0 radical (unpaired) electrons. The molecule has 0 aliphatic heterocycles. The van der Waals surface area contributed by atoms with E-state index in [1.165, 1.54) is 4.80 Å². The molecule has 0 saturated carbocycles. The topological polar surface area (TPSA) is 81.4 Å². The summed E-state index contributed by atoms with van der Waals surface area (Å²) in [5.74, 6) is 1.39. The lowest BCUT2D eigenvalue weighted by Gasteiger charge is -2.15. The number of nitrogens with zero attached hydrogens (tertiary/aromatic N) is 3. The standard InChI is InChI=1S/C15H22N4O3/c1-12(2)16-9-13(20)10-21-14-3-5-15(6-4-14)22-11-19-17-7-8-18-19/h3-8,12-13,16,20H,9-11H2,1-2H3. The predicted octanol–water partition coefficient (Wildman–Crippen LogP) is 1.05. The fraction of sp³-hybridized carbons (Fsp3) is 0.467. The zero-order chi connectivity index (χ0) is 15.8. The number of rotatable bonds is 9. The minimum Gasteiger partial charge on any atom is -0.491 e. The molecular weight excluding hydrogens is 284 g/mol. The van der Waals surface area contributed by atoms with Crippen molar-refractivity contribution < 1.29 is 14.6 Å². The van der Waals surface area contributed by atoms with Crippen molar-refractivity contribution in [3.63, 3.8) is 0 Å². The molecule has 22 heavy (non-hydrogen) atoms. The van der Waals surface area contributed by atoms with Crippen LogP contribution in [0.15, 0.2) is 36.7 Å². The largest absolute Gasteiger partial charge is 0.491 e. The van der Waals surface area contributed by atoms with Gasteiger partial charge >= 0.3 is 0 Å². The summed E-state index contributed by atoms with van der Waals surface area (Å²) >= 11 is 0. The Labute approximate surface area is 129 Å². The molecule has 7 heteroatoms. The molecule has 7 nitrogen and oxygen atoms in total. The highest BCUT2D eigenvalue weighted by molar-refractivity contribution is 5.31. The van der Waals surface area contributed by atoms with Crippen LogP contribution in [-0.4, -0.2) is 45.4 Å². The third-order valence-electron chi connectivity index (χ3n) is 2.84. The summed E-state index contributed by atoms with van der Waals surface area (Å²) in [6.07, 6.45) is 2.66. The molecule has 1 aromatic carbocycles. The van der Waals surface area contributed by atoms with Gasteiger partial charge in [0.1, 0.15) is 24.2 Å². The van der Waals surface area contributed by atoms with E-state index in [-0.39, 0.29) is 13.3 Å². The molecule has 0 aliphatic rings. The Morgan fingerprint density at radius 1 is 1.09 bits per heavy atom. The third kappa shape index (κ3) is 5.71. The molecule has 2 aromatic rings. The number of aromatic nitrogens is 3.